The molecule has 3 aromatic carbocycles. The summed E-state index contributed by atoms with van der Waals surface area (Å²) < 4.78 is 12.8. The number of Topliss-reactive ketones (excluding diaryl/α,β-unsaturated/α-hetero) is 1. The second-order valence-electron chi connectivity index (χ2n) is 12.1. The van der Waals surface area contributed by atoms with Gasteiger partial charge in [0.05, 0.1) is 16.7 Å². The van der Waals surface area contributed by atoms with Crippen LogP contribution in [0.4, 0.5) is 0 Å². The number of pyridine rings is 2. The predicted molar refractivity (Wildman–Crippen MR) is 160 cm³/mol. The number of rotatable bonds is 2. The Kier molecular flexibility index (Phi) is 5.12. The minimum Gasteiger partial charge on any atom is -0.507 e. The average Bonchev–Trinajstić information content (AvgIpc) is 3.17. The first-order valence-electron chi connectivity index (χ1n) is 14.3. The molecule has 2 aliphatic carbocycles. The maximum Gasteiger partial charge on any atom is 0.342 e. The third-order valence-electron chi connectivity index (χ3n) is 9.58. The van der Waals surface area contributed by atoms with Crippen molar-refractivity contribution in [1.29, 1.82) is 0 Å². The van der Waals surface area contributed by atoms with E-state index < -0.39 is 64.3 Å². The lowest BCUT2D eigenvalue weighted by atomic mass is 9.63. The van der Waals surface area contributed by atoms with E-state index in [2.05, 4.69) is 4.98 Å². The normalized spacial score (nSPS) is 21.2. The van der Waals surface area contributed by atoms with Crippen LogP contribution in [0, 0.1) is 20.8 Å². The standard InChI is InChI=1S/C34H24N2O9/c1-12-5-6-35-19(7-12)36-10-16-22-20(13(2)8-17(38)23(22)32(36)42)25-26-30(41)21-14(3)9-18(39)24-27(21)34(11-44-33(24)43,28(25)29(16)40)31(26)45-15(4)37/h5-10,26,31,39,42H,11H2,1-4H3/t26-,31-,34-/m0/s1. The number of ether oxygens (including phenoxy) is 2. The molecule has 2 N–H and O–H groups in total. The second-order valence-corrected chi connectivity index (χ2v) is 12.1. The lowest BCUT2D eigenvalue weighted by molar-refractivity contribution is -0.150. The van der Waals surface area contributed by atoms with E-state index in [-0.39, 0.29) is 49.8 Å². The molecule has 224 valence electrons. The summed E-state index contributed by atoms with van der Waals surface area (Å²) in [6.45, 7) is 5.86. The highest BCUT2D eigenvalue weighted by molar-refractivity contribution is 6.19. The first-order valence-corrected chi connectivity index (χ1v) is 14.3. The monoisotopic (exact) mass is 604 g/mol. The molecule has 2 aromatic heterocycles. The van der Waals surface area contributed by atoms with Gasteiger partial charge in [0.15, 0.2) is 16.6 Å². The Hall–Kier alpha value is -5.58. The second kappa shape index (κ2) is 8.53. The quantitative estimate of drug-likeness (QED) is 0.286. The predicted octanol–water partition coefficient (Wildman–Crippen LogP) is 3.36. The van der Waals surface area contributed by atoms with E-state index in [0.29, 0.717) is 16.5 Å². The minimum atomic E-state index is -1.64. The zero-order valence-corrected chi connectivity index (χ0v) is 24.5. The molecule has 11 nitrogen and oxygen atoms in total. The Bertz CT molecular complexity index is 2390. The summed E-state index contributed by atoms with van der Waals surface area (Å²) in [7, 11) is 0. The molecule has 0 unspecified atom stereocenters. The fourth-order valence-electron chi connectivity index (χ4n) is 8.00. The van der Waals surface area contributed by atoms with Crippen molar-refractivity contribution in [2.75, 3.05) is 6.61 Å². The van der Waals surface area contributed by atoms with Crippen LogP contribution in [0.25, 0.3) is 27.4 Å². The number of ketones is 1. The van der Waals surface area contributed by atoms with E-state index in [1.807, 2.05) is 6.92 Å². The van der Waals surface area contributed by atoms with Crippen molar-refractivity contribution in [1.82, 2.24) is 9.55 Å². The van der Waals surface area contributed by atoms with Crippen LogP contribution in [0.1, 0.15) is 66.9 Å². The molecule has 11 heteroatoms. The van der Waals surface area contributed by atoms with E-state index in [4.69, 9.17) is 9.47 Å². The molecule has 3 heterocycles. The van der Waals surface area contributed by atoms with Crippen molar-refractivity contribution in [3.8, 4) is 17.4 Å². The number of nitrogens with zero attached hydrogens (tertiary/aromatic N) is 2. The molecular formula is C34H24N2O9. The smallest absolute Gasteiger partial charge is 0.342 e. The molecule has 8 rings (SSSR count). The molecule has 0 amide bonds. The van der Waals surface area contributed by atoms with E-state index in [1.165, 1.54) is 36.0 Å². The summed E-state index contributed by atoms with van der Waals surface area (Å²) in [5.41, 5.74) is -0.844. The Labute approximate surface area is 253 Å². The van der Waals surface area contributed by atoms with Gasteiger partial charge < -0.3 is 19.7 Å². The molecule has 1 aliphatic heterocycles. The fourth-order valence-corrected chi connectivity index (χ4v) is 8.00. The third-order valence-corrected chi connectivity index (χ3v) is 9.58. The van der Waals surface area contributed by atoms with Crippen LogP contribution in [0.3, 0.4) is 0 Å². The SMILES string of the molecule is CC(=O)O[C@H]1[C@@H]2C(=O)c3c(C)cc(O)c4c3[C@@]1(COC4=O)c1c2c2c(C)cc(=O)c3c(O)n(-c4cc(C)ccn4)cc(c1=O)c23. The van der Waals surface area contributed by atoms with Crippen LogP contribution in [0.15, 0.2) is 46.2 Å². The largest absolute Gasteiger partial charge is 0.507 e. The van der Waals surface area contributed by atoms with Gasteiger partial charge in [0.25, 0.3) is 0 Å². The van der Waals surface area contributed by atoms with Crippen molar-refractivity contribution in [3.05, 3.63) is 102 Å². The molecule has 5 aromatic rings. The molecule has 0 radical (unpaired) electrons. The lowest BCUT2D eigenvalue weighted by Gasteiger charge is -2.44. The number of aromatic nitrogens is 2. The Morgan fingerprint density at radius 3 is 2.47 bits per heavy atom. The van der Waals surface area contributed by atoms with Crippen molar-refractivity contribution < 1.29 is 34.1 Å². The van der Waals surface area contributed by atoms with Gasteiger partial charge in [0, 0.05) is 41.2 Å². The highest BCUT2D eigenvalue weighted by Gasteiger charge is 2.67. The summed E-state index contributed by atoms with van der Waals surface area (Å²) in [6, 6.07) is 6.08. The van der Waals surface area contributed by atoms with Crippen LogP contribution in [-0.2, 0) is 19.7 Å². The van der Waals surface area contributed by atoms with Gasteiger partial charge >= 0.3 is 11.9 Å². The number of phenols is 1. The molecule has 0 saturated heterocycles. The molecule has 0 saturated carbocycles. The topological polar surface area (TPSA) is 162 Å². The van der Waals surface area contributed by atoms with Crippen molar-refractivity contribution in [3.63, 3.8) is 0 Å². The summed E-state index contributed by atoms with van der Waals surface area (Å²) in [6.07, 6.45) is 1.64. The number of fused-ring (bicyclic) bond motifs is 4. The zero-order chi connectivity index (χ0) is 31.9. The Morgan fingerprint density at radius 1 is 1.00 bits per heavy atom. The molecule has 2 bridgehead atoms. The van der Waals surface area contributed by atoms with Gasteiger partial charge in [-0.3, -0.25) is 23.7 Å². The lowest BCUT2D eigenvalue weighted by Crippen LogP contribution is -2.55. The maximum atomic E-state index is 15.0. The van der Waals surface area contributed by atoms with E-state index in [1.54, 1.807) is 26.0 Å². The van der Waals surface area contributed by atoms with E-state index in [0.717, 1.165) is 5.56 Å². The number of hydrogen-bond acceptors (Lipinski definition) is 10. The number of cyclic esters (lactones) is 1. The zero-order valence-electron chi connectivity index (χ0n) is 24.5. The van der Waals surface area contributed by atoms with Crippen LogP contribution < -0.4 is 10.9 Å². The summed E-state index contributed by atoms with van der Waals surface area (Å²) in [4.78, 5) is 73.2. The van der Waals surface area contributed by atoms with Gasteiger partial charge in [-0.25, -0.2) is 9.78 Å². The maximum absolute atomic E-state index is 15.0. The number of benzene rings is 3. The summed E-state index contributed by atoms with van der Waals surface area (Å²) >= 11 is 0. The third kappa shape index (κ3) is 3.09. The number of phenolic OH excluding ortho intramolecular Hbond substituents is 1. The summed E-state index contributed by atoms with van der Waals surface area (Å²) in [5.74, 6) is -3.90. The van der Waals surface area contributed by atoms with Gasteiger partial charge in [0.1, 0.15) is 29.8 Å². The average molecular weight is 605 g/mol. The van der Waals surface area contributed by atoms with Crippen molar-refractivity contribution in [2.24, 2.45) is 0 Å². The molecule has 3 atom stereocenters. The van der Waals surface area contributed by atoms with Crippen LogP contribution in [0.2, 0.25) is 0 Å². The minimum absolute atomic E-state index is 0.0495. The highest BCUT2D eigenvalue weighted by Crippen LogP contribution is 2.61. The molecular weight excluding hydrogens is 580 g/mol. The first kappa shape index (κ1) is 27.0. The first-order chi connectivity index (χ1) is 21.4. The van der Waals surface area contributed by atoms with Crippen molar-refractivity contribution >= 4 is 39.3 Å². The van der Waals surface area contributed by atoms with E-state index >= 15 is 0 Å². The number of aromatic hydroxyl groups is 2. The molecule has 3 aliphatic rings. The summed E-state index contributed by atoms with van der Waals surface area (Å²) in [5, 5.41) is 23.0. The van der Waals surface area contributed by atoms with Gasteiger partial charge in [-0.1, -0.05) is 0 Å². The highest BCUT2D eigenvalue weighted by atomic mass is 16.6. The number of carbonyl (C=O) groups excluding carboxylic acids is 3. The number of aryl methyl sites for hydroxylation is 3. The van der Waals surface area contributed by atoms with Gasteiger partial charge in [-0.15, -0.1) is 0 Å². The Morgan fingerprint density at radius 2 is 1.76 bits per heavy atom. The molecule has 1 spiro atoms. The molecule has 0 fully saturated rings. The Balaban J connectivity index is 1.63. The van der Waals surface area contributed by atoms with Gasteiger partial charge in [0.2, 0.25) is 5.88 Å². The number of esters is 2. The van der Waals surface area contributed by atoms with Crippen molar-refractivity contribution in [2.45, 2.75) is 45.1 Å². The number of carbonyl (C=O) groups is 3. The molecule has 45 heavy (non-hydrogen) atoms. The van der Waals surface area contributed by atoms with Gasteiger partial charge in [-0.2, -0.15) is 0 Å². The number of hydrogen-bond donors (Lipinski definition) is 2. The fraction of sp³-hybridized carbons (Fsp3) is 0.235. The van der Waals surface area contributed by atoms with Crippen LogP contribution in [0.5, 0.6) is 11.6 Å². The van der Waals surface area contributed by atoms with Crippen LogP contribution >= 0.6 is 0 Å². The van der Waals surface area contributed by atoms with Crippen LogP contribution in [-0.4, -0.2) is 50.2 Å². The van der Waals surface area contributed by atoms with Gasteiger partial charge in [-0.05, 0) is 78.2 Å². The van der Waals surface area contributed by atoms with E-state index in [9.17, 15) is 34.2 Å².